The molecule has 0 unspecified atom stereocenters. The highest BCUT2D eigenvalue weighted by Gasteiger charge is 2.33. The van der Waals surface area contributed by atoms with Crippen LogP contribution in [0.3, 0.4) is 0 Å². The Bertz CT molecular complexity index is 4980. The Labute approximate surface area is 843 Å². The highest BCUT2D eigenvalue weighted by molar-refractivity contribution is 5.82. The normalized spacial score (nSPS) is 17.6. The number of anilines is 8. The summed E-state index contributed by atoms with van der Waals surface area (Å²) in [5.41, 5.74) is 10.8. The lowest BCUT2D eigenvalue weighted by atomic mass is 9.88. The molecule has 0 spiro atoms. The highest BCUT2D eigenvalue weighted by atomic mass is 16.6. The second-order valence-corrected chi connectivity index (χ2v) is 47.1. The monoisotopic (exact) mass is 1920 g/mol. The molecule has 8 saturated heterocycles. The molecule has 768 valence electrons. The van der Waals surface area contributed by atoms with Gasteiger partial charge < -0.3 is 63.8 Å². The average molecular weight is 1920 g/mol. The molecule has 8 fully saturated rings. The number of benzene rings is 1. The Hall–Kier alpha value is -10.3. The first kappa shape index (κ1) is 112. The fraction of sp³-hybridized carbons (Fsp3) is 0.614. The molecule has 1 N–H and O–H groups in total. The van der Waals surface area contributed by atoms with Crippen molar-refractivity contribution < 1.29 is 23.9 Å². The second kappa shape index (κ2) is 50.1. The van der Waals surface area contributed by atoms with Crippen LogP contribution in [0.5, 0.6) is 0 Å². The Morgan fingerprint density at radius 2 is 0.643 bits per heavy atom. The first-order valence-electron chi connectivity index (χ1n) is 52.0. The number of unbranched alkanes of at least 4 members (excludes halogenated alkanes) is 1. The van der Waals surface area contributed by atoms with Gasteiger partial charge in [-0.1, -0.05) is 219 Å². The number of hydrogen-bond donors (Lipinski definition) is 1. The van der Waals surface area contributed by atoms with Crippen LogP contribution in [-0.4, -0.2) is 291 Å². The molecule has 0 bridgehead atoms. The molecule has 7 aromatic heterocycles. The number of carbonyl (C=O) groups is 3. The lowest BCUT2D eigenvalue weighted by Gasteiger charge is -2.42. The van der Waals surface area contributed by atoms with E-state index in [0.717, 1.165) is 191 Å². The highest BCUT2D eigenvalue weighted by Crippen LogP contribution is 2.33. The van der Waals surface area contributed by atoms with E-state index in [0.29, 0.717) is 38.3 Å². The summed E-state index contributed by atoms with van der Waals surface area (Å²) >= 11 is 0. The largest absolute Gasteiger partial charge is 0.444 e. The first-order valence-corrected chi connectivity index (χ1v) is 52.0. The maximum Gasteiger partial charge on any atom is 0.410 e. The number of pyridine rings is 7. The number of carbonyl (C=O) groups excluding carboxylic acids is 3. The quantitative estimate of drug-likeness (QED) is 0.114. The third-order valence-corrected chi connectivity index (χ3v) is 27.4. The van der Waals surface area contributed by atoms with Crippen molar-refractivity contribution in [2.45, 2.75) is 262 Å². The van der Waals surface area contributed by atoms with Crippen LogP contribution in [-0.2, 0) is 57.0 Å². The van der Waals surface area contributed by atoms with E-state index in [2.05, 4.69) is 365 Å². The zero-order valence-corrected chi connectivity index (χ0v) is 91.3. The van der Waals surface area contributed by atoms with Gasteiger partial charge in [0.25, 0.3) is 0 Å². The molecule has 8 aliphatic rings. The standard InChI is InChI=1S/C19H25N3.C18H29N3O2.C17H29N3.C16H25N3O.C16H27N3.C15H23N3O.C13H19N3O/c1-19(2,3)16-9-10-18(20-15-16)22-13-11-21(12-14-22)17-7-5-4-6-8-17;1-17(2,3)14-7-8-15(19-13-14)20-9-11-21(12-10-20)16(22)23-18(4,5)6;1-5-6-9-19-10-12-20(13-11-19)16-8-7-15(14-18-16)17(2,3)4;1-16(2,3)13-4-5-15(17-10-13)19-8-6-18(7-9-19)14-11-20-12-14;1-13(2)18-8-10-19(11-9-18)15-7-6-14(12-17-15)16(3,4)5;1-12(19)17-7-9-18(10-8-17)14-6-5-13(11-16-14)15(2,3)4;1-13(2,3)10-4-5-11(15-8-10)16-7-6-14-12(17)9-16/h4-10,15H,11-14H2,1-3H3;7-8,13H,9-12H2,1-6H3;7-8,14H,5-6,9-13H2,1-4H3;4-5,10,14H,6-9,11-12H2,1-3H3;6-7,12-13H,8-11H2,1-5H3;5-6,11H,7-10H2,1-4H3;4-5,8H,6-7,9H2,1-3H3,(H,14,17). The van der Waals surface area contributed by atoms with Crippen molar-refractivity contribution in [1.29, 1.82) is 0 Å². The molecule has 3 amide bonds. The summed E-state index contributed by atoms with van der Waals surface area (Å²) in [6.07, 6.45) is 16.3. The fourth-order valence-electron chi connectivity index (χ4n) is 17.3. The zero-order chi connectivity index (χ0) is 102. The molecule has 8 aliphatic heterocycles. The van der Waals surface area contributed by atoms with Crippen molar-refractivity contribution in [3.63, 3.8) is 0 Å². The summed E-state index contributed by atoms with van der Waals surface area (Å²) < 4.78 is 10.7. The number of amides is 3. The van der Waals surface area contributed by atoms with Gasteiger partial charge in [0.15, 0.2) is 0 Å². The number of ether oxygens (including phenoxy) is 2. The van der Waals surface area contributed by atoms with Crippen LogP contribution < -0.4 is 44.5 Å². The van der Waals surface area contributed by atoms with Gasteiger partial charge in [0.05, 0.1) is 25.8 Å². The lowest BCUT2D eigenvalue weighted by molar-refractivity contribution is -0.129. The van der Waals surface area contributed by atoms with Crippen LogP contribution in [0.15, 0.2) is 159 Å². The molecule has 16 rings (SSSR count). The Balaban J connectivity index is 0.000000168. The van der Waals surface area contributed by atoms with Crippen molar-refractivity contribution in [2.24, 2.45) is 0 Å². The van der Waals surface area contributed by atoms with Gasteiger partial charge in [-0.2, -0.15) is 0 Å². The number of para-hydroxylation sites is 1. The summed E-state index contributed by atoms with van der Waals surface area (Å²) in [6.45, 7) is 89.2. The lowest BCUT2D eigenvalue weighted by Crippen LogP contribution is -2.56. The SMILES string of the molecule is CC(=O)N1CCN(c2ccc(C(C)(C)C)cn2)CC1.CC(C)(C)OC(=O)N1CCN(c2ccc(C(C)(C)C)cn2)CC1.CC(C)(C)c1ccc(N2CCN(C3COC3)CC2)nc1.CC(C)(C)c1ccc(N2CCN(c3ccccc3)CC2)nc1.CC(C)(C)c1ccc(N2CCNC(=O)C2)nc1.CC(C)N1CCN(c2ccc(C(C)(C)C)cn2)CC1.CCCCN1CCN(c2ccc(C(C)(C)C)cn2)CC1. The minimum absolute atomic E-state index is 0.0675. The molecule has 26 heteroatoms. The van der Waals surface area contributed by atoms with E-state index >= 15 is 0 Å². The first-order chi connectivity index (χ1) is 65.9. The fourth-order valence-corrected chi connectivity index (χ4v) is 17.3. The van der Waals surface area contributed by atoms with Crippen LogP contribution in [0.25, 0.3) is 0 Å². The number of piperazine rings is 7. The minimum atomic E-state index is -0.446. The van der Waals surface area contributed by atoms with Gasteiger partial charge in [0.1, 0.15) is 46.3 Å². The van der Waals surface area contributed by atoms with Crippen molar-refractivity contribution in [1.82, 2.24) is 64.7 Å². The summed E-state index contributed by atoms with van der Waals surface area (Å²) in [4.78, 5) is 96.7. The summed E-state index contributed by atoms with van der Waals surface area (Å²) in [6, 6.07) is 42.1. The van der Waals surface area contributed by atoms with E-state index in [1.807, 2.05) is 80.0 Å². The van der Waals surface area contributed by atoms with Crippen LogP contribution in [0.4, 0.5) is 51.2 Å². The van der Waals surface area contributed by atoms with Gasteiger partial charge in [-0.3, -0.25) is 24.3 Å². The van der Waals surface area contributed by atoms with Gasteiger partial charge in [0.2, 0.25) is 11.8 Å². The number of hydrogen-bond acceptors (Lipinski definition) is 23. The van der Waals surface area contributed by atoms with E-state index in [9.17, 15) is 14.4 Å². The van der Waals surface area contributed by atoms with Gasteiger partial charge >= 0.3 is 6.09 Å². The molecular weight excluding hydrogens is 1740 g/mol. The van der Waals surface area contributed by atoms with E-state index in [-0.39, 0.29) is 55.8 Å². The molecule has 0 radical (unpaired) electrons. The smallest absolute Gasteiger partial charge is 0.410 e. The Morgan fingerprint density at radius 3 is 0.907 bits per heavy atom. The van der Waals surface area contributed by atoms with Crippen LogP contribution in [0.2, 0.25) is 0 Å². The van der Waals surface area contributed by atoms with Gasteiger partial charge in [-0.25, -0.2) is 39.7 Å². The molecular formula is C114H177N21O5. The molecule has 1 aromatic carbocycles. The zero-order valence-electron chi connectivity index (χ0n) is 91.3. The van der Waals surface area contributed by atoms with Crippen molar-refractivity contribution >= 4 is 64.3 Å². The summed E-state index contributed by atoms with van der Waals surface area (Å²) in [5, 5.41) is 2.81. The van der Waals surface area contributed by atoms with E-state index < -0.39 is 5.60 Å². The molecule has 140 heavy (non-hydrogen) atoms. The maximum atomic E-state index is 12.1. The van der Waals surface area contributed by atoms with Gasteiger partial charge in [0, 0.05) is 232 Å². The molecule has 0 saturated carbocycles. The number of rotatable bonds is 13. The van der Waals surface area contributed by atoms with Crippen molar-refractivity contribution in [3.05, 3.63) is 198 Å². The Morgan fingerprint density at radius 1 is 0.357 bits per heavy atom. The number of aromatic nitrogens is 7. The summed E-state index contributed by atoms with van der Waals surface area (Å²) in [5.74, 6) is 7.56. The molecule has 8 aromatic rings. The average Bonchev–Trinajstić information content (AvgIpc) is 0.814. The maximum absolute atomic E-state index is 12.1. The van der Waals surface area contributed by atoms with Gasteiger partial charge in [-0.15, -0.1) is 0 Å². The number of nitrogens with one attached hydrogen (secondary N) is 1. The summed E-state index contributed by atoms with van der Waals surface area (Å²) in [7, 11) is 0. The third-order valence-electron chi connectivity index (χ3n) is 27.4. The molecule has 0 aliphatic carbocycles. The Kier molecular flexibility index (Phi) is 40.0. The van der Waals surface area contributed by atoms with Crippen LogP contribution in [0, 0.1) is 0 Å². The van der Waals surface area contributed by atoms with E-state index in [1.54, 1.807) is 11.8 Å². The van der Waals surface area contributed by atoms with E-state index in [4.69, 9.17) is 9.47 Å². The minimum Gasteiger partial charge on any atom is -0.444 e. The number of nitrogens with zero attached hydrogens (tertiary/aromatic N) is 20. The third kappa shape index (κ3) is 34.8. The van der Waals surface area contributed by atoms with Crippen LogP contribution >= 0.6 is 0 Å². The van der Waals surface area contributed by atoms with Gasteiger partial charge in [-0.05, 0) is 179 Å². The predicted molar refractivity (Wildman–Crippen MR) is 582 cm³/mol. The van der Waals surface area contributed by atoms with Crippen molar-refractivity contribution in [3.8, 4) is 0 Å². The predicted octanol–water partition coefficient (Wildman–Crippen LogP) is 18.6. The molecule has 0 atom stereocenters. The second-order valence-electron chi connectivity index (χ2n) is 47.1. The van der Waals surface area contributed by atoms with E-state index in [1.165, 1.54) is 77.1 Å². The molecule has 26 nitrogen and oxygen atoms in total. The van der Waals surface area contributed by atoms with Crippen LogP contribution in [0.1, 0.15) is 246 Å². The topological polar surface area (TPSA) is 214 Å². The van der Waals surface area contributed by atoms with Crippen molar-refractivity contribution in [2.75, 3.05) is 236 Å². The molecule has 15 heterocycles.